The SMILES string of the molecule is Cn1cc(C(=O)N2CCC[C@@H](C(=O)O)C2)c2ccccc21. The molecule has 5 nitrogen and oxygen atoms in total. The van der Waals surface area contributed by atoms with Crippen molar-refractivity contribution in [1.82, 2.24) is 9.47 Å². The Morgan fingerprint density at radius 3 is 2.81 bits per heavy atom. The second-order valence-corrected chi connectivity index (χ2v) is 5.60. The minimum Gasteiger partial charge on any atom is -0.481 e. The topological polar surface area (TPSA) is 62.5 Å². The smallest absolute Gasteiger partial charge is 0.308 e. The standard InChI is InChI=1S/C16H18N2O3/c1-17-10-13(12-6-2-3-7-14(12)17)15(19)18-8-4-5-11(9-18)16(20)21/h2-3,6-7,10-11H,4-5,8-9H2,1H3,(H,20,21)/t11-/m1/s1. The van der Waals surface area contributed by atoms with Gasteiger partial charge >= 0.3 is 5.97 Å². The van der Waals surface area contributed by atoms with Crippen LogP contribution in [-0.2, 0) is 11.8 Å². The molecule has 0 radical (unpaired) electrons. The van der Waals surface area contributed by atoms with Crippen molar-refractivity contribution in [2.75, 3.05) is 13.1 Å². The third kappa shape index (κ3) is 2.39. The van der Waals surface area contributed by atoms with E-state index in [0.717, 1.165) is 17.3 Å². The summed E-state index contributed by atoms with van der Waals surface area (Å²) in [5, 5.41) is 10.1. The molecule has 0 unspecified atom stereocenters. The molecule has 1 aliphatic heterocycles. The quantitative estimate of drug-likeness (QED) is 0.919. The molecule has 0 saturated carbocycles. The molecule has 5 heteroatoms. The van der Waals surface area contributed by atoms with Crippen molar-refractivity contribution in [3.05, 3.63) is 36.0 Å². The maximum atomic E-state index is 12.7. The average Bonchev–Trinajstić information content (AvgIpc) is 2.84. The largest absolute Gasteiger partial charge is 0.481 e. The number of aliphatic carboxylic acids is 1. The van der Waals surface area contributed by atoms with E-state index in [1.807, 2.05) is 42.1 Å². The van der Waals surface area contributed by atoms with Gasteiger partial charge in [0.25, 0.3) is 5.91 Å². The fraction of sp³-hybridized carbons (Fsp3) is 0.375. The number of hydrogen-bond donors (Lipinski definition) is 1. The van der Waals surface area contributed by atoms with Crippen molar-refractivity contribution in [3.8, 4) is 0 Å². The Bertz CT molecular complexity index is 705. The van der Waals surface area contributed by atoms with Gasteiger partial charge in [-0.25, -0.2) is 0 Å². The molecule has 1 saturated heterocycles. The summed E-state index contributed by atoms with van der Waals surface area (Å²) in [7, 11) is 1.91. The van der Waals surface area contributed by atoms with E-state index in [1.165, 1.54) is 0 Å². The highest BCUT2D eigenvalue weighted by Crippen LogP contribution is 2.24. The molecular weight excluding hydrogens is 268 g/mol. The van der Waals surface area contributed by atoms with E-state index in [0.29, 0.717) is 25.1 Å². The number of likely N-dealkylation sites (tertiary alicyclic amines) is 1. The number of aryl methyl sites for hydroxylation is 1. The number of carbonyl (C=O) groups is 2. The van der Waals surface area contributed by atoms with Crippen molar-refractivity contribution in [2.45, 2.75) is 12.8 Å². The van der Waals surface area contributed by atoms with E-state index in [2.05, 4.69) is 0 Å². The molecule has 1 fully saturated rings. The lowest BCUT2D eigenvalue weighted by molar-refractivity contribution is -0.143. The highest BCUT2D eigenvalue weighted by Gasteiger charge is 2.29. The monoisotopic (exact) mass is 286 g/mol. The molecule has 1 aliphatic rings. The zero-order chi connectivity index (χ0) is 15.0. The molecule has 3 rings (SSSR count). The van der Waals surface area contributed by atoms with Gasteiger partial charge in [0, 0.05) is 37.2 Å². The van der Waals surface area contributed by atoms with Crippen LogP contribution in [0.4, 0.5) is 0 Å². The number of nitrogens with zero attached hydrogens (tertiary/aromatic N) is 2. The van der Waals surface area contributed by atoms with E-state index in [9.17, 15) is 9.59 Å². The van der Waals surface area contributed by atoms with Gasteiger partial charge in [-0.05, 0) is 18.9 Å². The van der Waals surface area contributed by atoms with Crippen molar-refractivity contribution >= 4 is 22.8 Å². The van der Waals surface area contributed by atoms with Gasteiger partial charge in [0.05, 0.1) is 11.5 Å². The molecule has 1 N–H and O–H groups in total. The summed E-state index contributed by atoms with van der Waals surface area (Å²) in [5.41, 5.74) is 1.66. The second kappa shape index (κ2) is 5.24. The molecule has 21 heavy (non-hydrogen) atoms. The van der Waals surface area contributed by atoms with Crippen LogP contribution in [0.15, 0.2) is 30.5 Å². The Hall–Kier alpha value is -2.30. The number of carboxylic acids is 1. The maximum absolute atomic E-state index is 12.7. The zero-order valence-corrected chi connectivity index (χ0v) is 12.0. The van der Waals surface area contributed by atoms with Gasteiger partial charge in [-0.15, -0.1) is 0 Å². The summed E-state index contributed by atoms with van der Waals surface area (Å²) in [6.07, 6.45) is 3.22. The number of fused-ring (bicyclic) bond motifs is 1. The number of amides is 1. The lowest BCUT2D eigenvalue weighted by atomic mass is 9.97. The summed E-state index contributed by atoms with van der Waals surface area (Å²) in [4.78, 5) is 25.5. The number of rotatable bonds is 2. The van der Waals surface area contributed by atoms with E-state index in [-0.39, 0.29) is 5.91 Å². The molecule has 2 heterocycles. The summed E-state index contributed by atoms with van der Waals surface area (Å²) in [5.74, 6) is -1.33. The lowest BCUT2D eigenvalue weighted by Gasteiger charge is -2.30. The minimum atomic E-state index is -0.814. The first kappa shape index (κ1) is 13.7. The number of benzene rings is 1. The van der Waals surface area contributed by atoms with E-state index >= 15 is 0 Å². The first-order valence-electron chi connectivity index (χ1n) is 7.14. The van der Waals surface area contributed by atoms with Gasteiger partial charge in [-0.3, -0.25) is 9.59 Å². The zero-order valence-electron chi connectivity index (χ0n) is 12.0. The van der Waals surface area contributed by atoms with Gasteiger partial charge in [0.2, 0.25) is 0 Å². The van der Waals surface area contributed by atoms with Crippen LogP contribution in [0.5, 0.6) is 0 Å². The number of aromatic nitrogens is 1. The summed E-state index contributed by atoms with van der Waals surface area (Å²) in [6.45, 7) is 0.934. The molecule has 0 spiro atoms. The van der Waals surface area contributed by atoms with Gasteiger partial charge in [-0.2, -0.15) is 0 Å². The van der Waals surface area contributed by atoms with Crippen molar-refractivity contribution in [1.29, 1.82) is 0 Å². The molecule has 110 valence electrons. The number of carboxylic acid groups (broad SMARTS) is 1. The average molecular weight is 286 g/mol. The van der Waals surface area contributed by atoms with Crippen molar-refractivity contribution < 1.29 is 14.7 Å². The minimum absolute atomic E-state index is 0.0715. The van der Waals surface area contributed by atoms with Crippen LogP contribution in [0.1, 0.15) is 23.2 Å². The molecule has 0 bridgehead atoms. The van der Waals surface area contributed by atoms with Gasteiger partial charge in [-0.1, -0.05) is 18.2 Å². The molecule has 1 aromatic heterocycles. The van der Waals surface area contributed by atoms with E-state index in [1.54, 1.807) is 4.90 Å². The van der Waals surface area contributed by atoms with Gasteiger partial charge in [0.1, 0.15) is 0 Å². The molecule has 1 amide bonds. The lowest BCUT2D eigenvalue weighted by Crippen LogP contribution is -2.42. The predicted molar refractivity (Wildman–Crippen MR) is 79.2 cm³/mol. The third-order valence-corrected chi connectivity index (χ3v) is 4.19. The van der Waals surface area contributed by atoms with Crippen LogP contribution in [0.2, 0.25) is 0 Å². The van der Waals surface area contributed by atoms with Crippen LogP contribution in [0.25, 0.3) is 10.9 Å². The molecule has 1 atom stereocenters. The second-order valence-electron chi connectivity index (χ2n) is 5.60. The summed E-state index contributed by atoms with van der Waals surface area (Å²) >= 11 is 0. The van der Waals surface area contributed by atoms with Crippen LogP contribution in [0.3, 0.4) is 0 Å². The normalized spacial score (nSPS) is 18.9. The van der Waals surface area contributed by atoms with Crippen molar-refractivity contribution in [3.63, 3.8) is 0 Å². The predicted octanol–water partition coefficient (Wildman–Crippen LogP) is 2.12. The molecule has 2 aromatic rings. The van der Waals surface area contributed by atoms with Crippen LogP contribution < -0.4 is 0 Å². The fourth-order valence-corrected chi connectivity index (χ4v) is 3.05. The summed E-state index contributed by atoms with van der Waals surface area (Å²) < 4.78 is 1.93. The van der Waals surface area contributed by atoms with Crippen LogP contribution in [-0.4, -0.2) is 39.5 Å². The molecule has 1 aromatic carbocycles. The Morgan fingerprint density at radius 2 is 2.05 bits per heavy atom. The summed E-state index contributed by atoms with van der Waals surface area (Å²) in [6, 6.07) is 7.76. The Labute approximate surface area is 122 Å². The molecular formula is C16H18N2O3. The maximum Gasteiger partial charge on any atom is 0.308 e. The van der Waals surface area contributed by atoms with Gasteiger partial charge in [0.15, 0.2) is 0 Å². The Morgan fingerprint density at radius 1 is 1.29 bits per heavy atom. The van der Waals surface area contributed by atoms with Crippen LogP contribution in [0, 0.1) is 5.92 Å². The van der Waals surface area contributed by atoms with E-state index < -0.39 is 11.9 Å². The van der Waals surface area contributed by atoms with Crippen molar-refractivity contribution in [2.24, 2.45) is 13.0 Å². The Balaban J connectivity index is 1.92. The molecule has 0 aliphatic carbocycles. The number of carbonyl (C=O) groups excluding carboxylic acids is 1. The fourth-order valence-electron chi connectivity index (χ4n) is 3.05. The Kier molecular flexibility index (Phi) is 3.41. The number of para-hydroxylation sites is 1. The first-order valence-corrected chi connectivity index (χ1v) is 7.14. The van der Waals surface area contributed by atoms with E-state index in [4.69, 9.17) is 5.11 Å². The number of piperidine rings is 1. The van der Waals surface area contributed by atoms with Gasteiger partial charge < -0.3 is 14.6 Å². The highest BCUT2D eigenvalue weighted by molar-refractivity contribution is 6.07. The highest BCUT2D eigenvalue weighted by atomic mass is 16.4. The number of hydrogen-bond acceptors (Lipinski definition) is 2. The third-order valence-electron chi connectivity index (χ3n) is 4.19. The first-order chi connectivity index (χ1) is 10.1. The van der Waals surface area contributed by atoms with Crippen LogP contribution >= 0.6 is 0 Å².